The average molecular weight is 435 g/mol. The van der Waals surface area contributed by atoms with Crippen LogP contribution in [0.2, 0.25) is 0 Å². The Kier molecular flexibility index (Phi) is 6.04. The third-order valence-corrected chi connectivity index (χ3v) is 6.07. The van der Waals surface area contributed by atoms with Crippen LogP contribution in [0.4, 0.5) is 4.79 Å². The molecule has 0 aliphatic carbocycles. The van der Waals surface area contributed by atoms with Crippen LogP contribution in [0.3, 0.4) is 0 Å². The van der Waals surface area contributed by atoms with E-state index in [0.29, 0.717) is 18.8 Å². The fourth-order valence-corrected chi connectivity index (χ4v) is 4.44. The van der Waals surface area contributed by atoms with Gasteiger partial charge in [0, 0.05) is 12.0 Å². The number of oxime groups is 1. The molecule has 0 unspecified atom stereocenters. The molecule has 4 rings (SSSR count). The number of rotatable bonds is 6. The molecule has 1 saturated heterocycles. The van der Waals surface area contributed by atoms with Gasteiger partial charge in [-0.3, -0.25) is 4.79 Å². The predicted molar refractivity (Wildman–Crippen MR) is 122 cm³/mol. The van der Waals surface area contributed by atoms with E-state index in [4.69, 9.17) is 9.57 Å². The molecule has 2 aromatic rings. The molecule has 2 aliphatic heterocycles. The zero-order chi connectivity index (χ0) is 22.9. The first kappa shape index (κ1) is 22.1. The Hall–Kier alpha value is -3.15. The van der Waals surface area contributed by atoms with Crippen LogP contribution in [0.1, 0.15) is 50.8 Å². The van der Waals surface area contributed by atoms with Crippen molar-refractivity contribution < 1.29 is 19.2 Å². The fourth-order valence-electron chi connectivity index (χ4n) is 4.44. The summed E-state index contributed by atoms with van der Waals surface area (Å²) < 4.78 is 5.57. The van der Waals surface area contributed by atoms with Crippen LogP contribution in [0.5, 0.6) is 0 Å². The van der Waals surface area contributed by atoms with Crippen molar-refractivity contribution in [2.75, 3.05) is 0 Å². The van der Waals surface area contributed by atoms with Crippen molar-refractivity contribution in [3.8, 4) is 0 Å². The summed E-state index contributed by atoms with van der Waals surface area (Å²) in [5, 5.41) is 4.24. The number of cyclic esters (lactones) is 1. The largest absolute Gasteiger partial charge is 0.441 e. The van der Waals surface area contributed by atoms with E-state index >= 15 is 0 Å². The van der Waals surface area contributed by atoms with Crippen LogP contribution in [0, 0.1) is 5.92 Å². The Morgan fingerprint density at radius 3 is 2.53 bits per heavy atom. The molecule has 0 bridgehead atoms. The lowest BCUT2D eigenvalue weighted by atomic mass is 9.91. The first-order valence-electron chi connectivity index (χ1n) is 11.2. The van der Waals surface area contributed by atoms with Gasteiger partial charge in [-0.15, -0.1) is 0 Å². The van der Waals surface area contributed by atoms with Gasteiger partial charge in [0.15, 0.2) is 0 Å². The van der Waals surface area contributed by atoms with Crippen molar-refractivity contribution >= 4 is 17.7 Å². The molecule has 2 aromatic carbocycles. The minimum atomic E-state index is -0.836. The summed E-state index contributed by atoms with van der Waals surface area (Å²) in [4.78, 5) is 32.9. The molecule has 32 heavy (non-hydrogen) atoms. The third-order valence-electron chi connectivity index (χ3n) is 6.07. The normalized spacial score (nSPS) is 22.0. The summed E-state index contributed by atoms with van der Waals surface area (Å²) in [7, 11) is 0. The van der Waals surface area contributed by atoms with Gasteiger partial charge >= 0.3 is 6.09 Å². The molecular weight excluding hydrogens is 404 g/mol. The number of carbonyl (C=O) groups excluding carboxylic acids is 2. The summed E-state index contributed by atoms with van der Waals surface area (Å²) in [5.41, 5.74) is 3.16. The molecule has 0 radical (unpaired) electrons. The number of nitrogens with zero attached hydrogens (tertiary/aromatic N) is 2. The minimum absolute atomic E-state index is 0.330. The first-order valence-corrected chi connectivity index (χ1v) is 11.2. The predicted octanol–water partition coefficient (Wildman–Crippen LogP) is 4.75. The smallest absolute Gasteiger partial charge is 0.417 e. The lowest BCUT2D eigenvalue weighted by molar-refractivity contribution is -0.140. The number of hydrogen-bond acceptors (Lipinski definition) is 5. The second-order valence-corrected chi connectivity index (χ2v) is 9.48. The number of hydrogen-bond donors (Lipinski definition) is 0. The molecule has 168 valence electrons. The van der Waals surface area contributed by atoms with Crippen LogP contribution in [0.15, 0.2) is 59.8 Å². The van der Waals surface area contributed by atoms with Crippen molar-refractivity contribution in [1.29, 1.82) is 0 Å². The van der Waals surface area contributed by atoms with Gasteiger partial charge in [0.05, 0.1) is 11.8 Å². The fraction of sp³-hybridized carbons (Fsp3) is 0.423. The van der Waals surface area contributed by atoms with Gasteiger partial charge in [0.25, 0.3) is 5.91 Å². The highest BCUT2D eigenvalue weighted by atomic mass is 16.6. The van der Waals surface area contributed by atoms with Gasteiger partial charge in [-0.2, -0.15) is 0 Å². The van der Waals surface area contributed by atoms with Gasteiger partial charge in [0.1, 0.15) is 5.60 Å². The Labute approximate surface area is 189 Å². The standard InChI is InChI=1S/C26H30N2O4/c1-17(2)14-19-12-8-9-13-20(19)21-16-22(32-27-21)24(29)28-23(26(3,4)31-25(28)30)15-18-10-6-5-7-11-18/h5-13,17,22-23H,14-16H2,1-4H3/t22-,23-/m0/s1. The van der Waals surface area contributed by atoms with E-state index in [1.54, 1.807) is 0 Å². The van der Waals surface area contributed by atoms with Gasteiger partial charge in [-0.05, 0) is 43.7 Å². The molecular formula is C26H30N2O4. The summed E-state index contributed by atoms with van der Waals surface area (Å²) in [5.74, 6) is 0.0958. The zero-order valence-electron chi connectivity index (χ0n) is 19.1. The maximum Gasteiger partial charge on any atom is 0.417 e. The highest BCUT2D eigenvalue weighted by Gasteiger charge is 2.52. The van der Waals surface area contributed by atoms with Crippen molar-refractivity contribution in [2.45, 2.75) is 64.7 Å². The molecule has 6 heteroatoms. The summed E-state index contributed by atoms with van der Waals surface area (Å²) in [6, 6.07) is 17.5. The number of amides is 2. The molecule has 0 saturated carbocycles. The second kappa shape index (κ2) is 8.77. The molecule has 0 N–H and O–H groups in total. The monoisotopic (exact) mass is 434 g/mol. The van der Waals surface area contributed by atoms with Crippen LogP contribution >= 0.6 is 0 Å². The number of carbonyl (C=O) groups is 2. The van der Waals surface area contributed by atoms with E-state index < -0.39 is 29.7 Å². The van der Waals surface area contributed by atoms with Gasteiger partial charge < -0.3 is 9.57 Å². The number of benzene rings is 2. The van der Waals surface area contributed by atoms with E-state index in [1.165, 1.54) is 10.5 Å². The molecule has 0 spiro atoms. The highest BCUT2D eigenvalue weighted by Crippen LogP contribution is 2.34. The minimum Gasteiger partial charge on any atom is -0.441 e. The highest BCUT2D eigenvalue weighted by molar-refractivity contribution is 6.06. The van der Waals surface area contributed by atoms with Gasteiger partial charge in [-0.25, -0.2) is 9.69 Å². The van der Waals surface area contributed by atoms with Crippen LogP contribution in [-0.4, -0.2) is 40.4 Å². The molecule has 2 amide bonds. The molecule has 0 aromatic heterocycles. The Bertz CT molecular complexity index is 1030. The van der Waals surface area contributed by atoms with Gasteiger partial charge in [0.2, 0.25) is 6.10 Å². The Balaban J connectivity index is 1.53. The van der Waals surface area contributed by atoms with Crippen molar-refractivity contribution in [3.63, 3.8) is 0 Å². The lowest BCUT2D eigenvalue weighted by Gasteiger charge is -2.28. The number of imide groups is 1. The summed E-state index contributed by atoms with van der Waals surface area (Å²) >= 11 is 0. The maximum atomic E-state index is 13.4. The maximum absolute atomic E-state index is 13.4. The van der Waals surface area contributed by atoms with Crippen LogP contribution in [-0.2, 0) is 27.2 Å². The molecule has 2 heterocycles. The molecule has 6 nitrogen and oxygen atoms in total. The molecule has 2 atom stereocenters. The van der Waals surface area contributed by atoms with E-state index in [-0.39, 0.29) is 0 Å². The van der Waals surface area contributed by atoms with Gasteiger partial charge in [-0.1, -0.05) is 73.6 Å². The SMILES string of the molecule is CC(C)Cc1ccccc1C1=NO[C@H](C(=O)N2C(=O)OC(C)(C)[C@@H]2Cc2ccccc2)C1. The van der Waals surface area contributed by atoms with Crippen LogP contribution in [0.25, 0.3) is 0 Å². The summed E-state index contributed by atoms with van der Waals surface area (Å²) in [6.07, 6.45) is 0.300. The van der Waals surface area contributed by atoms with Crippen molar-refractivity contribution in [3.05, 3.63) is 71.3 Å². The molecule has 2 aliphatic rings. The summed E-state index contributed by atoms with van der Waals surface area (Å²) in [6.45, 7) is 8.02. The Morgan fingerprint density at radius 2 is 1.81 bits per heavy atom. The Morgan fingerprint density at radius 1 is 1.12 bits per heavy atom. The average Bonchev–Trinajstić information content (AvgIpc) is 3.31. The second-order valence-electron chi connectivity index (χ2n) is 9.48. The molecule has 1 fully saturated rings. The van der Waals surface area contributed by atoms with Crippen molar-refractivity contribution in [2.24, 2.45) is 11.1 Å². The first-order chi connectivity index (χ1) is 15.3. The number of ether oxygens (including phenoxy) is 1. The van der Waals surface area contributed by atoms with E-state index in [1.807, 2.05) is 62.4 Å². The zero-order valence-corrected chi connectivity index (χ0v) is 19.1. The van der Waals surface area contributed by atoms with Crippen LogP contribution < -0.4 is 0 Å². The van der Waals surface area contributed by atoms with Crippen molar-refractivity contribution in [1.82, 2.24) is 4.90 Å². The van der Waals surface area contributed by atoms with E-state index in [0.717, 1.165) is 23.3 Å². The third kappa shape index (κ3) is 4.40. The van der Waals surface area contributed by atoms with E-state index in [9.17, 15) is 9.59 Å². The topological polar surface area (TPSA) is 68.2 Å². The quantitative estimate of drug-likeness (QED) is 0.658. The van der Waals surface area contributed by atoms with E-state index in [2.05, 4.69) is 25.1 Å². The lowest BCUT2D eigenvalue weighted by Crippen LogP contribution is -2.49.